The first-order valence-corrected chi connectivity index (χ1v) is 16.0. The van der Waals surface area contributed by atoms with Crippen molar-refractivity contribution >= 4 is 21.9 Å². The Morgan fingerprint density at radius 2 is 1.67 bits per heavy atom. The van der Waals surface area contributed by atoms with E-state index in [9.17, 15) is 0 Å². The van der Waals surface area contributed by atoms with E-state index in [1.807, 2.05) is 0 Å². The van der Waals surface area contributed by atoms with E-state index in [2.05, 4.69) is 126 Å². The van der Waals surface area contributed by atoms with Gasteiger partial charge in [0.2, 0.25) is 0 Å². The van der Waals surface area contributed by atoms with Gasteiger partial charge in [0.15, 0.2) is 0 Å². The Morgan fingerprint density at radius 1 is 0.907 bits per heavy atom. The molecule has 6 rings (SSSR count). The maximum Gasteiger partial charge on any atom is 0.0210 e. The van der Waals surface area contributed by atoms with Gasteiger partial charge in [-0.2, -0.15) is 0 Å². The standard InChI is InChI=1S/C43H44/c1-8-14-28(5)40-29(6)23-36-26-35(25-31-19-20-34(24-31)38-17-13-12-16-37(38)27(3)4)30(7)41(36)43(40)42-32(9-2)21-22-33-15-10-11-18-39(33)42/h10-13,15-23,25,41,43H,3,5,7-9,14,24,26H2,1-2,4,6H3. The van der Waals surface area contributed by atoms with Crippen molar-refractivity contribution in [3.05, 3.63) is 166 Å². The van der Waals surface area contributed by atoms with E-state index < -0.39 is 0 Å². The van der Waals surface area contributed by atoms with Crippen molar-refractivity contribution in [1.29, 1.82) is 0 Å². The zero-order valence-electron chi connectivity index (χ0n) is 26.4. The fraction of sp³-hybridized carbons (Fsp3) is 0.256. The van der Waals surface area contributed by atoms with Gasteiger partial charge in [0, 0.05) is 11.8 Å². The molecular formula is C43H44. The topological polar surface area (TPSA) is 0 Å². The predicted molar refractivity (Wildman–Crippen MR) is 188 cm³/mol. The molecule has 2 atom stereocenters. The van der Waals surface area contributed by atoms with Crippen LogP contribution < -0.4 is 0 Å². The number of hydrogen-bond donors (Lipinski definition) is 0. The summed E-state index contributed by atoms with van der Waals surface area (Å²) in [4.78, 5) is 0. The second-order valence-corrected chi connectivity index (χ2v) is 12.6. The lowest BCUT2D eigenvalue weighted by Gasteiger charge is -2.36. The molecule has 0 amide bonds. The van der Waals surface area contributed by atoms with Crippen LogP contribution >= 0.6 is 0 Å². The Balaban J connectivity index is 1.40. The van der Waals surface area contributed by atoms with Crippen molar-refractivity contribution in [3.8, 4) is 0 Å². The average molecular weight is 561 g/mol. The van der Waals surface area contributed by atoms with E-state index >= 15 is 0 Å². The van der Waals surface area contributed by atoms with Gasteiger partial charge in [-0.15, -0.1) is 0 Å². The first-order valence-electron chi connectivity index (χ1n) is 16.0. The summed E-state index contributed by atoms with van der Waals surface area (Å²) in [5, 5.41) is 2.68. The number of benzene rings is 3. The molecule has 0 heterocycles. The van der Waals surface area contributed by atoms with E-state index in [4.69, 9.17) is 6.58 Å². The van der Waals surface area contributed by atoms with Gasteiger partial charge < -0.3 is 0 Å². The summed E-state index contributed by atoms with van der Waals surface area (Å²) >= 11 is 0. The smallest absolute Gasteiger partial charge is 0.0210 e. The highest BCUT2D eigenvalue weighted by Gasteiger charge is 2.42. The molecule has 0 spiro atoms. The number of hydrogen-bond acceptors (Lipinski definition) is 0. The fourth-order valence-electron chi connectivity index (χ4n) is 7.79. The molecule has 3 aliphatic carbocycles. The molecule has 3 aliphatic rings. The summed E-state index contributed by atoms with van der Waals surface area (Å²) < 4.78 is 0. The first kappa shape index (κ1) is 28.9. The van der Waals surface area contributed by atoms with Gasteiger partial charge in [-0.25, -0.2) is 0 Å². The molecule has 1 fully saturated rings. The lowest BCUT2D eigenvalue weighted by Crippen LogP contribution is -2.22. The van der Waals surface area contributed by atoms with E-state index in [1.54, 1.807) is 0 Å². The molecular weight excluding hydrogens is 516 g/mol. The molecule has 0 radical (unpaired) electrons. The van der Waals surface area contributed by atoms with Crippen molar-refractivity contribution in [2.24, 2.45) is 5.92 Å². The van der Waals surface area contributed by atoms with Gasteiger partial charge >= 0.3 is 0 Å². The predicted octanol–water partition coefficient (Wildman–Crippen LogP) is 12.0. The van der Waals surface area contributed by atoms with Crippen LogP contribution in [0.3, 0.4) is 0 Å². The quantitative estimate of drug-likeness (QED) is 0.257. The lowest BCUT2D eigenvalue weighted by atomic mass is 9.67. The van der Waals surface area contributed by atoms with Crippen LogP contribution in [-0.4, -0.2) is 0 Å². The highest BCUT2D eigenvalue weighted by atomic mass is 14.4. The summed E-state index contributed by atoms with van der Waals surface area (Å²) in [5.74, 6) is 0.487. The maximum absolute atomic E-state index is 4.84. The van der Waals surface area contributed by atoms with Crippen molar-refractivity contribution in [1.82, 2.24) is 0 Å². The van der Waals surface area contributed by atoms with Gasteiger partial charge in [-0.05, 0) is 106 Å². The molecule has 0 aliphatic heterocycles. The molecule has 0 N–H and O–H groups in total. The second-order valence-electron chi connectivity index (χ2n) is 12.6. The minimum Gasteiger partial charge on any atom is -0.0955 e. The monoisotopic (exact) mass is 560 g/mol. The fourth-order valence-corrected chi connectivity index (χ4v) is 7.79. The number of allylic oxidation sites excluding steroid dienone is 13. The molecule has 216 valence electrons. The molecule has 0 bridgehead atoms. The third-order valence-corrected chi connectivity index (χ3v) is 9.72. The van der Waals surface area contributed by atoms with E-state index in [1.165, 1.54) is 77.6 Å². The first-order chi connectivity index (χ1) is 20.8. The van der Waals surface area contributed by atoms with Crippen molar-refractivity contribution in [3.63, 3.8) is 0 Å². The zero-order valence-corrected chi connectivity index (χ0v) is 26.4. The highest BCUT2D eigenvalue weighted by Crippen LogP contribution is 2.56. The van der Waals surface area contributed by atoms with Crippen molar-refractivity contribution < 1.29 is 0 Å². The highest BCUT2D eigenvalue weighted by molar-refractivity contribution is 5.89. The van der Waals surface area contributed by atoms with Crippen molar-refractivity contribution in [2.75, 3.05) is 0 Å². The van der Waals surface area contributed by atoms with Gasteiger partial charge in [0.05, 0.1) is 0 Å². The zero-order chi connectivity index (χ0) is 30.2. The SMILES string of the molecule is C=C(CCC)C1=C(C)C=C2CC(=CC3=CC=C(c4ccccc4C(=C)C)C3)C(=C)C2C1c1c(CC)ccc2ccccc12. The van der Waals surface area contributed by atoms with E-state index in [0.29, 0.717) is 0 Å². The van der Waals surface area contributed by atoms with Gasteiger partial charge in [-0.3, -0.25) is 0 Å². The Hall–Kier alpha value is -4.16. The molecule has 0 aromatic heterocycles. The molecule has 0 nitrogen and oxygen atoms in total. The maximum atomic E-state index is 4.84. The number of aryl methyl sites for hydroxylation is 1. The Kier molecular flexibility index (Phi) is 7.97. The minimum absolute atomic E-state index is 0.229. The Bertz CT molecular complexity index is 1820. The summed E-state index contributed by atoms with van der Waals surface area (Å²) in [6.45, 7) is 22.7. The van der Waals surface area contributed by atoms with E-state index in [-0.39, 0.29) is 11.8 Å². The summed E-state index contributed by atoms with van der Waals surface area (Å²) in [7, 11) is 0. The van der Waals surface area contributed by atoms with Gasteiger partial charge in [-0.1, -0.05) is 142 Å². The summed E-state index contributed by atoms with van der Waals surface area (Å²) in [6, 6.07) is 22.2. The normalized spacial score (nSPS) is 20.8. The minimum atomic E-state index is 0.229. The van der Waals surface area contributed by atoms with Crippen LogP contribution in [0.25, 0.3) is 21.9 Å². The number of fused-ring (bicyclic) bond motifs is 2. The van der Waals surface area contributed by atoms with Crippen LogP contribution in [-0.2, 0) is 6.42 Å². The molecule has 0 heteroatoms. The van der Waals surface area contributed by atoms with Crippen LogP contribution in [0.2, 0.25) is 0 Å². The summed E-state index contributed by atoms with van der Waals surface area (Å²) in [5.41, 5.74) is 17.5. The van der Waals surface area contributed by atoms with Gasteiger partial charge in [0.1, 0.15) is 0 Å². The molecule has 2 unspecified atom stereocenters. The van der Waals surface area contributed by atoms with Gasteiger partial charge in [0.25, 0.3) is 0 Å². The van der Waals surface area contributed by atoms with Crippen LogP contribution in [0.1, 0.15) is 81.5 Å². The van der Waals surface area contributed by atoms with E-state index in [0.717, 1.165) is 37.7 Å². The molecule has 0 saturated heterocycles. The Morgan fingerprint density at radius 3 is 2.44 bits per heavy atom. The molecule has 3 aromatic carbocycles. The van der Waals surface area contributed by atoms with Crippen LogP contribution in [0, 0.1) is 5.92 Å². The molecule has 1 saturated carbocycles. The van der Waals surface area contributed by atoms with Crippen LogP contribution in [0.5, 0.6) is 0 Å². The Labute approximate surface area is 258 Å². The third-order valence-electron chi connectivity index (χ3n) is 9.72. The molecule has 3 aromatic rings. The number of rotatable bonds is 8. The summed E-state index contributed by atoms with van der Waals surface area (Å²) in [6.07, 6.45) is 14.5. The van der Waals surface area contributed by atoms with Crippen molar-refractivity contribution in [2.45, 2.75) is 65.7 Å². The third kappa shape index (κ3) is 5.18. The average Bonchev–Trinajstić information content (AvgIpc) is 3.59. The lowest BCUT2D eigenvalue weighted by molar-refractivity contribution is 0.618. The largest absolute Gasteiger partial charge is 0.0955 e. The van der Waals surface area contributed by atoms with Crippen LogP contribution in [0.4, 0.5) is 0 Å². The van der Waals surface area contributed by atoms with Crippen LogP contribution in [0.15, 0.2) is 144 Å². The second kappa shape index (κ2) is 11.8. The molecule has 43 heavy (non-hydrogen) atoms.